The molecule has 1 rings (SSSR count). The molecule has 102 valence electrons. The van der Waals surface area contributed by atoms with Crippen LogP contribution in [0.3, 0.4) is 0 Å². The highest BCUT2D eigenvalue weighted by atomic mass is 16.5. The van der Waals surface area contributed by atoms with Crippen molar-refractivity contribution in [1.29, 1.82) is 0 Å². The predicted molar refractivity (Wildman–Crippen MR) is 73.1 cm³/mol. The van der Waals surface area contributed by atoms with Crippen LogP contribution >= 0.6 is 0 Å². The van der Waals surface area contributed by atoms with E-state index in [1.165, 1.54) is 12.8 Å². The molecule has 0 bridgehead atoms. The zero-order valence-corrected chi connectivity index (χ0v) is 12.3. The first kappa shape index (κ1) is 14.9. The van der Waals surface area contributed by atoms with Crippen LogP contribution in [-0.2, 0) is 4.74 Å². The quantitative estimate of drug-likeness (QED) is 0.802. The molecular weight excluding hydrogens is 212 g/mol. The van der Waals surface area contributed by atoms with Crippen molar-refractivity contribution in [3.8, 4) is 0 Å². The van der Waals surface area contributed by atoms with Gasteiger partial charge in [0.2, 0.25) is 0 Å². The molecule has 1 fully saturated rings. The molecule has 2 N–H and O–H groups in total. The molecular formula is C14H30N2O. The minimum absolute atomic E-state index is 0.122. The Kier molecular flexibility index (Phi) is 4.99. The van der Waals surface area contributed by atoms with Crippen molar-refractivity contribution in [3.05, 3.63) is 0 Å². The van der Waals surface area contributed by atoms with Crippen LogP contribution in [0.1, 0.15) is 40.5 Å². The van der Waals surface area contributed by atoms with Crippen molar-refractivity contribution in [2.45, 2.75) is 46.1 Å². The summed E-state index contributed by atoms with van der Waals surface area (Å²) in [7, 11) is 2.20. The average Bonchev–Trinajstić information content (AvgIpc) is 2.16. The largest absolute Gasteiger partial charge is 0.381 e. The van der Waals surface area contributed by atoms with Crippen LogP contribution in [0.25, 0.3) is 0 Å². The number of hydrogen-bond acceptors (Lipinski definition) is 3. The Labute approximate surface area is 107 Å². The van der Waals surface area contributed by atoms with E-state index in [1.807, 2.05) is 0 Å². The standard InChI is InChI=1S/C14H30N2O/c1-13(2,14(3,4)15)11-16(5)9-12-7-6-8-17-10-12/h12H,6-11,15H2,1-5H3. The maximum atomic E-state index is 6.24. The number of nitrogens with two attached hydrogens (primary N) is 1. The van der Waals surface area contributed by atoms with Gasteiger partial charge in [-0.2, -0.15) is 0 Å². The highest BCUT2D eigenvalue weighted by Crippen LogP contribution is 2.29. The molecule has 0 spiro atoms. The molecule has 17 heavy (non-hydrogen) atoms. The summed E-state index contributed by atoms with van der Waals surface area (Å²) < 4.78 is 5.53. The van der Waals surface area contributed by atoms with Crippen molar-refractivity contribution >= 4 is 0 Å². The molecule has 0 aliphatic carbocycles. The Hall–Kier alpha value is -0.120. The van der Waals surface area contributed by atoms with Gasteiger partial charge in [-0.15, -0.1) is 0 Å². The van der Waals surface area contributed by atoms with Crippen LogP contribution in [0.2, 0.25) is 0 Å². The second kappa shape index (κ2) is 5.68. The van der Waals surface area contributed by atoms with E-state index < -0.39 is 0 Å². The normalized spacial score (nSPS) is 23.1. The Morgan fingerprint density at radius 3 is 2.41 bits per heavy atom. The van der Waals surface area contributed by atoms with E-state index in [4.69, 9.17) is 10.5 Å². The summed E-state index contributed by atoms with van der Waals surface area (Å²) in [4.78, 5) is 2.41. The van der Waals surface area contributed by atoms with Gasteiger partial charge >= 0.3 is 0 Å². The fraction of sp³-hybridized carbons (Fsp3) is 1.00. The van der Waals surface area contributed by atoms with E-state index in [1.54, 1.807) is 0 Å². The molecule has 0 aromatic heterocycles. The molecule has 3 heteroatoms. The average molecular weight is 242 g/mol. The highest BCUT2D eigenvalue weighted by molar-refractivity contribution is 4.92. The fourth-order valence-corrected chi connectivity index (χ4v) is 2.34. The number of rotatable bonds is 5. The van der Waals surface area contributed by atoms with Crippen LogP contribution in [0, 0.1) is 11.3 Å². The first-order valence-corrected chi connectivity index (χ1v) is 6.77. The summed E-state index contributed by atoms with van der Waals surface area (Å²) in [6, 6.07) is 0. The van der Waals surface area contributed by atoms with Crippen molar-refractivity contribution < 1.29 is 4.74 Å². The van der Waals surface area contributed by atoms with Crippen molar-refractivity contribution in [2.75, 3.05) is 33.4 Å². The zero-order valence-electron chi connectivity index (χ0n) is 12.3. The van der Waals surface area contributed by atoms with Crippen LogP contribution in [0.15, 0.2) is 0 Å². The van der Waals surface area contributed by atoms with E-state index in [9.17, 15) is 0 Å². The minimum Gasteiger partial charge on any atom is -0.381 e. The van der Waals surface area contributed by atoms with E-state index in [0.29, 0.717) is 5.92 Å². The maximum Gasteiger partial charge on any atom is 0.0506 e. The molecule has 0 aromatic carbocycles. The van der Waals surface area contributed by atoms with E-state index in [2.05, 4.69) is 39.6 Å². The Morgan fingerprint density at radius 2 is 1.94 bits per heavy atom. The number of hydrogen-bond donors (Lipinski definition) is 1. The molecule has 1 aliphatic rings. The van der Waals surface area contributed by atoms with Gasteiger partial charge in [-0.25, -0.2) is 0 Å². The molecule has 3 nitrogen and oxygen atoms in total. The summed E-state index contributed by atoms with van der Waals surface area (Å²) in [6.07, 6.45) is 2.51. The van der Waals surface area contributed by atoms with Gasteiger partial charge in [-0.05, 0) is 45.1 Å². The molecule has 1 atom stereocenters. The lowest BCUT2D eigenvalue weighted by molar-refractivity contribution is 0.0326. The summed E-state index contributed by atoms with van der Waals surface area (Å²) in [5.74, 6) is 0.699. The Morgan fingerprint density at radius 1 is 1.29 bits per heavy atom. The number of nitrogens with zero attached hydrogens (tertiary/aromatic N) is 1. The van der Waals surface area contributed by atoms with Crippen molar-refractivity contribution in [3.63, 3.8) is 0 Å². The fourth-order valence-electron chi connectivity index (χ4n) is 2.34. The molecule has 0 aromatic rings. The second-order valence-corrected chi connectivity index (χ2v) is 6.89. The van der Waals surface area contributed by atoms with Crippen LogP contribution in [-0.4, -0.2) is 43.8 Å². The van der Waals surface area contributed by atoms with Gasteiger partial charge in [-0.3, -0.25) is 0 Å². The van der Waals surface area contributed by atoms with Crippen LogP contribution in [0.5, 0.6) is 0 Å². The third kappa shape index (κ3) is 4.57. The molecule has 0 amide bonds. The Bertz CT molecular complexity index is 227. The van der Waals surface area contributed by atoms with Gasteiger partial charge in [0.1, 0.15) is 0 Å². The summed E-state index contributed by atoms with van der Waals surface area (Å²) >= 11 is 0. The van der Waals surface area contributed by atoms with Gasteiger partial charge < -0.3 is 15.4 Å². The third-order valence-electron chi connectivity index (χ3n) is 4.23. The molecule has 0 radical (unpaired) electrons. The van der Waals surface area contributed by atoms with Gasteiger partial charge in [0.25, 0.3) is 0 Å². The summed E-state index contributed by atoms with van der Waals surface area (Å²) in [5.41, 5.74) is 6.22. The van der Waals surface area contributed by atoms with Gasteiger partial charge in [0.15, 0.2) is 0 Å². The van der Waals surface area contributed by atoms with Crippen LogP contribution < -0.4 is 5.73 Å². The highest BCUT2D eigenvalue weighted by Gasteiger charge is 2.34. The lowest BCUT2D eigenvalue weighted by Crippen LogP contribution is -2.53. The van der Waals surface area contributed by atoms with Gasteiger partial charge in [0, 0.05) is 25.2 Å². The molecule has 1 unspecified atom stereocenters. The third-order valence-corrected chi connectivity index (χ3v) is 4.23. The summed E-state index contributed by atoms with van der Waals surface area (Å²) in [5, 5.41) is 0. The summed E-state index contributed by atoms with van der Waals surface area (Å²) in [6.45, 7) is 12.8. The smallest absolute Gasteiger partial charge is 0.0506 e. The van der Waals surface area contributed by atoms with Gasteiger partial charge in [-0.1, -0.05) is 13.8 Å². The van der Waals surface area contributed by atoms with Gasteiger partial charge in [0.05, 0.1) is 6.61 Å². The number of ether oxygens (including phenoxy) is 1. The van der Waals surface area contributed by atoms with E-state index >= 15 is 0 Å². The van der Waals surface area contributed by atoms with E-state index in [-0.39, 0.29) is 11.0 Å². The van der Waals surface area contributed by atoms with Crippen molar-refractivity contribution in [2.24, 2.45) is 17.1 Å². The Balaban J connectivity index is 2.40. The second-order valence-electron chi connectivity index (χ2n) is 6.89. The van der Waals surface area contributed by atoms with E-state index in [0.717, 1.165) is 26.3 Å². The molecule has 1 aliphatic heterocycles. The molecule has 0 saturated carbocycles. The minimum atomic E-state index is -0.148. The lowest BCUT2D eigenvalue weighted by Gasteiger charge is -2.42. The SMILES string of the molecule is CN(CC1CCCOC1)CC(C)(C)C(C)(C)N. The lowest BCUT2D eigenvalue weighted by atomic mass is 9.75. The molecule has 1 saturated heterocycles. The first-order chi connectivity index (χ1) is 7.72. The monoisotopic (exact) mass is 242 g/mol. The predicted octanol–water partition coefficient (Wildman–Crippen LogP) is 2.11. The first-order valence-electron chi connectivity index (χ1n) is 6.77. The molecule has 1 heterocycles. The van der Waals surface area contributed by atoms with Crippen LogP contribution in [0.4, 0.5) is 0 Å². The zero-order chi connectivity index (χ0) is 13.1. The maximum absolute atomic E-state index is 6.24. The van der Waals surface area contributed by atoms with Crippen molar-refractivity contribution in [1.82, 2.24) is 4.90 Å². The topological polar surface area (TPSA) is 38.5 Å².